The third-order valence-electron chi connectivity index (χ3n) is 20.4. The van der Waals surface area contributed by atoms with E-state index in [1.807, 2.05) is 21.1 Å². The predicted molar refractivity (Wildman–Crippen MR) is 412 cm³/mol. The van der Waals surface area contributed by atoms with Crippen LogP contribution in [0.15, 0.2) is 0 Å². The first-order valence-corrected chi connectivity index (χ1v) is 44.7. The molecule has 0 saturated carbocycles. The number of unbranched alkanes of at least 4 members (excludes halogenated alkanes) is 69. The van der Waals surface area contributed by atoms with Gasteiger partial charge in [-0.1, -0.05) is 457 Å². The maximum absolute atomic E-state index is 12.9. The molecule has 0 N–H and O–H groups in total. The van der Waals surface area contributed by atoms with Gasteiger partial charge in [0.25, 0.3) is 7.82 Å². The van der Waals surface area contributed by atoms with Crippen molar-refractivity contribution in [3.8, 4) is 0 Å². The molecule has 0 aromatic heterocycles. The lowest BCUT2D eigenvalue weighted by Gasteiger charge is -2.28. The summed E-state index contributed by atoms with van der Waals surface area (Å²) in [6, 6.07) is 0. The van der Waals surface area contributed by atoms with Crippen LogP contribution in [0, 0.1) is 0 Å². The van der Waals surface area contributed by atoms with Crippen molar-refractivity contribution in [2.24, 2.45) is 0 Å². The molecule has 568 valence electrons. The summed E-state index contributed by atoms with van der Waals surface area (Å²) in [4.78, 5) is 38.2. The minimum Gasteiger partial charge on any atom is -0.756 e. The van der Waals surface area contributed by atoms with E-state index in [0.29, 0.717) is 17.4 Å². The van der Waals surface area contributed by atoms with Crippen LogP contribution in [0.2, 0.25) is 0 Å². The average Bonchev–Trinajstić information content (AvgIpc) is 2.16. The van der Waals surface area contributed by atoms with Gasteiger partial charge in [0.1, 0.15) is 19.8 Å². The summed E-state index contributed by atoms with van der Waals surface area (Å²) in [5.41, 5.74) is 0. The maximum atomic E-state index is 12.9. The fraction of sp³-hybridized carbons (Fsp3) is 0.976. The van der Waals surface area contributed by atoms with Crippen LogP contribution in [0.25, 0.3) is 0 Å². The zero-order chi connectivity index (χ0) is 69.0. The molecule has 0 amide bonds. The van der Waals surface area contributed by atoms with E-state index in [1.165, 1.54) is 417 Å². The van der Waals surface area contributed by atoms with Gasteiger partial charge in [-0.05, 0) is 12.8 Å². The monoisotopic (exact) mass is 1360 g/mol. The smallest absolute Gasteiger partial charge is 0.306 e. The maximum Gasteiger partial charge on any atom is 0.306 e. The molecule has 0 aliphatic heterocycles. The second-order valence-corrected chi connectivity index (χ2v) is 32.7. The van der Waals surface area contributed by atoms with Crippen LogP contribution in [0.5, 0.6) is 0 Å². The highest BCUT2D eigenvalue weighted by molar-refractivity contribution is 7.45. The summed E-state index contributed by atoms with van der Waals surface area (Å²) in [5, 5.41) is 0. The predicted octanol–water partition coefficient (Wildman–Crippen LogP) is 28.2. The minimum atomic E-state index is -4.64. The Hall–Kier alpha value is -0.990. The van der Waals surface area contributed by atoms with Crippen LogP contribution in [0.4, 0.5) is 0 Å². The Bertz CT molecular complexity index is 1560. The number of phosphoric acid groups is 1. The van der Waals surface area contributed by atoms with Crippen molar-refractivity contribution in [3.63, 3.8) is 0 Å². The molecule has 10 heteroatoms. The van der Waals surface area contributed by atoms with E-state index < -0.39 is 26.5 Å². The van der Waals surface area contributed by atoms with Crippen LogP contribution in [-0.2, 0) is 32.7 Å². The Labute approximate surface area is 594 Å². The molecule has 0 fully saturated rings. The van der Waals surface area contributed by atoms with Gasteiger partial charge < -0.3 is 27.9 Å². The van der Waals surface area contributed by atoms with Gasteiger partial charge in [0.2, 0.25) is 0 Å². The molecular weight excluding hydrogens is 1190 g/mol. The normalized spacial score (nSPS) is 12.9. The lowest BCUT2D eigenvalue weighted by atomic mass is 10.0. The summed E-state index contributed by atoms with van der Waals surface area (Å²) >= 11 is 0. The van der Waals surface area contributed by atoms with Gasteiger partial charge in [-0.15, -0.1) is 0 Å². The first kappa shape index (κ1) is 94.0. The topological polar surface area (TPSA) is 111 Å². The molecular formula is C85H170NO8P. The second kappa shape index (κ2) is 77.2. The minimum absolute atomic E-state index is 0.0246. The third kappa shape index (κ3) is 81.9. The van der Waals surface area contributed by atoms with Crippen LogP contribution in [-0.4, -0.2) is 70.0 Å². The molecule has 0 aliphatic carbocycles. The number of likely N-dealkylation sites (N-methyl/N-ethyl adjacent to an activating group) is 1. The average molecular weight is 1370 g/mol. The summed E-state index contributed by atoms with van der Waals surface area (Å²) in [6.07, 6.45) is 97.0. The number of phosphoric ester groups is 1. The Kier molecular flexibility index (Phi) is 76.4. The van der Waals surface area contributed by atoms with Crippen molar-refractivity contribution in [2.75, 3.05) is 47.5 Å². The van der Waals surface area contributed by atoms with Gasteiger partial charge in [0, 0.05) is 12.8 Å². The number of hydrogen-bond acceptors (Lipinski definition) is 8. The van der Waals surface area contributed by atoms with E-state index in [2.05, 4.69) is 13.8 Å². The van der Waals surface area contributed by atoms with E-state index in [-0.39, 0.29) is 32.0 Å². The molecule has 0 saturated heterocycles. The zero-order valence-electron chi connectivity index (χ0n) is 65.2. The Morgan fingerprint density at radius 2 is 0.474 bits per heavy atom. The van der Waals surface area contributed by atoms with Gasteiger partial charge in [0.15, 0.2) is 6.10 Å². The molecule has 0 heterocycles. The fourth-order valence-electron chi connectivity index (χ4n) is 13.8. The van der Waals surface area contributed by atoms with E-state index in [0.717, 1.165) is 32.1 Å². The number of hydrogen-bond donors (Lipinski definition) is 0. The SMILES string of the molecule is CCCCCCCCCCCCCCCCCCCCCCCCCCCCCCCCCCCCCCC(=O)OC(COC(=O)CCCCCCCCCCCCCCCCCCCCCCCCCCCCCCCCCCCCC)COP(=O)([O-])OCC[N+](C)(C)C. The number of carbonyl (C=O) groups excluding carboxylic acids is 2. The van der Waals surface area contributed by atoms with Gasteiger partial charge in [-0.25, -0.2) is 0 Å². The molecule has 0 aromatic carbocycles. The van der Waals surface area contributed by atoms with Gasteiger partial charge >= 0.3 is 11.9 Å². The standard InChI is InChI=1S/C85H170NO8P/c1-6-8-10-12-14-16-18-20-22-24-26-28-30-32-34-36-38-40-42-44-46-48-50-52-54-56-58-60-62-64-66-68-70-72-74-76-78-85(88)94-83(82-93-95(89,90)92-80-79-86(3,4)5)81-91-84(87)77-75-73-71-69-67-65-63-61-59-57-55-53-51-49-47-45-43-41-39-37-35-33-31-29-27-25-23-21-19-17-15-13-11-9-7-2/h83H,6-82H2,1-5H3. The molecule has 2 unspecified atom stereocenters. The number of esters is 2. The van der Waals surface area contributed by atoms with Crippen LogP contribution < -0.4 is 4.89 Å². The first-order valence-electron chi connectivity index (χ1n) is 43.2. The summed E-state index contributed by atoms with van der Waals surface area (Å²) in [7, 11) is 1.20. The van der Waals surface area contributed by atoms with E-state index in [4.69, 9.17) is 18.5 Å². The first-order chi connectivity index (χ1) is 46.5. The molecule has 2 atom stereocenters. The van der Waals surface area contributed by atoms with Crippen molar-refractivity contribution >= 4 is 19.8 Å². The molecule has 0 bridgehead atoms. The highest BCUT2D eigenvalue weighted by Crippen LogP contribution is 2.38. The molecule has 0 radical (unpaired) electrons. The van der Waals surface area contributed by atoms with Gasteiger partial charge in [-0.3, -0.25) is 14.2 Å². The lowest BCUT2D eigenvalue weighted by Crippen LogP contribution is -2.37. The van der Waals surface area contributed by atoms with Crippen molar-refractivity contribution in [1.82, 2.24) is 0 Å². The third-order valence-corrected chi connectivity index (χ3v) is 21.3. The Morgan fingerprint density at radius 1 is 0.284 bits per heavy atom. The van der Waals surface area contributed by atoms with E-state index >= 15 is 0 Å². The second-order valence-electron chi connectivity index (χ2n) is 31.3. The molecule has 0 aromatic rings. The number of rotatable bonds is 83. The van der Waals surface area contributed by atoms with Crippen LogP contribution in [0.1, 0.15) is 483 Å². The lowest BCUT2D eigenvalue weighted by molar-refractivity contribution is -0.870. The molecule has 0 aliphatic rings. The van der Waals surface area contributed by atoms with E-state index in [1.54, 1.807) is 0 Å². The highest BCUT2D eigenvalue weighted by Gasteiger charge is 2.22. The van der Waals surface area contributed by atoms with Crippen molar-refractivity contribution < 1.29 is 42.1 Å². The zero-order valence-corrected chi connectivity index (χ0v) is 66.1. The summed E-state index contributed by atoms with van der Waals surface area (Å²) in [5.74, 6) is -0.799. The molecule has 0 rings (SSSR count). The largest absolute Gasteiger partial charge is 0.756 e. The van der Waals surface area contributed by atoms with Crippen LogP contribution >= 0.6 is 7.82 Å². The number of carbonyl (C=O) groups is 2. The van der Waals surface area contributed by atoms with Gasteiger partial charge in [-0.2, -0.15) is 0 Å². The van der Waals surface area contributed by atoms with Crippen molar-refractivity contribution in [3.05, 3.63) is 0 Å². The van der Waals surface area contributed by atoms with Gasteiger partial charge in [0.05, 0.1) is 27.7 Å². The number of quaternary nitrogens is 1. The highest BCUT2D eigenvalue weighted by atomic mass is 31.2. The van der Waals surface area contributed by atoms with Crippen molar-refractivity contribution in [2.45, 2.75) is 489 Å². The fourth-order valence-corrected chi connectivity index (χ4v) is 14.5. The molecule has 0 spiro atoms. The molecule has 95 heavy (non-hydrogen) atoms. The Morgan fingerprint density at radius 3 is 0.674 bits per heavy atom. The Balaban J connectivity index is 3.84. The van der Waals surface area contributed by atoms with E-state index in [9.17, 15) is 19.0 Å². The summed E-state index contributed by atoms with van der Waals surface area (Å²) in [6.45, 7) is 4.36. The molecule has 9 nitrogen and oxygen atoms in total. The number of ether oxygens (including phenoxy) is 2. The summed E-state index contributed by atoms with van der Waals surface area (Å²) < 4.78 is 34.5. The quantitative estimate of drug-likeness (QED) is 0.0256. The van der Waals surface area contributed by atoms with Crippen molar-refractivity contribution in [1.29, 1.82) is 0 Å². The van der Waals surface area contributed by atoms with Crippen LogP contribution in [0.3, 0.4) is 0 Å². The number of nitrogens with zero attached hydrogens (tertiary/aromatic N) is 1.